The molecule has 158 valence electrons. The van der Waals surface area contributed by atoms with Crippen molar-refractivity contribution in [3.63, 3.8) is 0 Å². The third-order valence-electron chi connectivity index (χ3n) is 4.83. The van der Waals surface area contributed by atoms with Gasteiger partial charge in [-0.15, -0.1) is 10.2 Å². The van der Waals surface area contributed by atoms with Gasteiger partial charge in [-0.3, -0.25) is 4.57 Å². The third-order valence-corrected chi connectivity index (χ3v) is 6.09. The van der Waals surface area contributed by atoms with Gasteiger partial charge in [0.1, 0.15) is 5.75 Å². The van der Waals surface area contributed by atoms with Gasteiger partial charge in [0, 0.05) is 22.0 Å². The number of halogens is 1. The first kappa shape index (κ1) is 21.5. The molecular formula is C25H24ClN3OS. The summed E-state index contributed by atoms with van der Waals surface area (Å²) in [5.41, 5.74) is 3.34. The molecule has 1 aromatic heterocycles. The molecule has 0 spiro atoms. The molecule has 4 aromatic rings. The third kappa shape index (κ3) is 5.49. The summed E-state index contributed by atoms with van der Waals surface area (Å²) in [4.78, 5) is 0. The van der Waals surface area contributed by atoms with Gasteiger partial charge in [-0.1, -0.05) is 53.7 Å². The van der Waals surface area contributed by atoms with Crippen LogP contribution in [0.3, 0.4) is 0 Å². The van der Waals surface area contributed by atoms with Gasteiger partial charge in [0.2, 0.25) is 0 Å². The number of aryl methyl sites for hydroxylation is 1. The topological polar surface area (TPSA) is 39.9 Å². The molecule has 0 unspecified atom stereocenters. The summed E-state index contributed by atoms with van der Waals surface area (Å²) in [7, 11) is 0. The molecule has 0 amide bonds. The molecule has 31 heavy (non-hydrogen) atoms. The molecule has 0 aliphatic rings. The number of hydrogen-bond donors (Lipinski definition) is 0. The zero-order valence-corrected chi connectivity index (χ0v) is 18.9. The van der Waals surface area contributed by atoms with E-state index in [2.05, 4.69) is 45.1 Å². The fourth-order valence-electron chi connectivity index (χ4n) is 3.32. The Balaban J connectivity index is 1.57. The summed E-state index contributed by atoms with van der Waals surface area (Å²) in [5, 5.41) is 10.6. The minimum absolute atomic E-state index is 0.643. The van der Waals surface area contributed by atoms with E-state index in [1.807, 2.05) is 55.5 Å². The fraction of sp³-hybridized carbons (Fsp3) is 0.200. The van der Waals surface area contributed by atoms with Crippen LogP contribution in [0, 0.1) is 0 Å². The summed E-state index contributed by atoms with van der Waals surface area (Å²) >= 11 is 7.81. The SMILES string of the molecule is CCOc1ccc(-n2c(SCCCc3ccccc3)nnc2-c2ccc(Cl)cc2)cc1. The van der Waals surface area contributed by atoms with E-state index in [1.54, 1.807) is 11.8 Å². The van der Waals surface area contributed by atoms with E-state index < -0.39 is 0 Å². The van der Waals surface area contributed by atoms with Crippen LogP contribution in [0.1, 0.15) is 18.9 Å². The molecule has 4 rings (SSSR count). The molecule has 0 aliphatic heterocycles. The van der Waals surface area contributed by atoms with Gasteiger partial charge >= 0.3 is 0 Å². The molecule has 0 fully saturated rings. The predicted molar refractivity (Wildman–Crippen MR) is 128 cm³/mol. The van der Waals surface area contributed by atoms with E-state index in [-0.39, 0.29) is 0 Å². The maximum Gasteiger partial charge on any atom is 0.196 e. The summed E-state index contributed by atoms with van der Waals surface area (Å²) < 4.78 is 7.70. The van der Waals surface area contributed by atoms with Crippen LogP contribution >= 0.6 is 23.4 Å². The minimum Gasteiger partial charge on any atom is -0.494 e. The number of benzene rings is 3. The second-order valence-electron chi connectivity index (χ2n) is 7.01. The lowest BCUT2D eigenvalue weighted by molar-refractivity contribution is 0.340. The van der Waals surface area contributed by atoms with Gasteiger partial charge in [0.15, 0.2) is 11.0 Å². The summed E-state index contributed by atoms with van der Waals surface area (Å²) in [6, 6.07) is 26.3. The lowest BCUT2D eigenvalue weighted by atomic mass is 10.1. The second-order valence-corrected chi connectivity index (χ2v) is 8.51. The van der Waals surface area contributed by atoms with Crippen molar-refractivity contribution in [2.24, 2.45) is 0 Å². The van der Waals surface area contributed by atoms with Crippen LogP contribution in [-0.4, -0.2) is 27.1 Å². The van der Waals surface area contributed by atoms with Crippen molar-refractivity contribution in [3.8, 4) is 22.8 Å². The van der Waals surface area contributed by atoms with Crippen LogP contribution in [0.4, 0.5) is 0 Å². The fourth-order valence-corrected chi connectivity index (χ4v) is 4.34. The molecule has 0 saturated heterocycles. The number of nitrogens with zero attached hydrogens (tertiary/aromatic N) is 3. The first-order valence-electron chi connectivity index (χ1n) is 10.4. The maximum absolute atomic E-state index is 6.08. The average molecular weight is 450 g/mol. The van der Waals surface area contributed by atoms with E-state index in [9.17, 15) is 0 Å². The van der Waals surface area contributed by atoms with E-state index in [1.165, 1.54) is 5.56 Å². The molecule has 1 heterocycles. The van der Waals surface area contributed by atoms with Crippen LogP contribution in [0.15, 0.2) is 84.0 Å². The first-order chi connectivity index (χ1) is 15.2. The molecule has 4 nitrogen and oxygen atoms in total. The normalized spacial score (nSPS) is 10.9. The number of hydrogen-bond acceptors (Lipinski definition) is 4. The zero-order valence-electron chi connectivity index (χ0n) is 17.4. The average Bonchev–Trinajstić information content (AvgIpc) is 3.22. The Hall–Kier alpha value is -2.76. The van der Waals surface area contributed by atoms with Crippen LogP contribution in [0.2, 0.25) is 5.02 Å². The van der Waals surface area contributed by atoms with Gasteiger partial charge in [0.05, 0.1) is 6.61 Å². The van der Waals surface area contributed by atoms with Gasteiger partial charge in [0.25, 0.3) is 0 Å². The monoisotopic (exact) mass is 449 g/mol. The molecular weight excluding hydrogens is 426 g/mol. The van der Waals surface area contributed by atoms with Crippen molar-refractivity contribution < 1.29 is 4.74 Å². The van der Waals surface area contributed by atoms with Crippen molar-refractivity contribution in [1.82, 2.24) is 14.8 Å². The standard InChI is InChI=1S/C25H24ClN3OS/c1-2-30-23-16-14-22(15-17-23)29-24(20-10-12-21(26)13-11-20)27-28-25(29)31-18-6-9-19-7-4-3-5-8-19/h3-5,7-8,10-17H,2,6,9,18H2,1H3. The molecule has 0 N–H and O–H groups in total. The Morgan fingerprint density at radius 2 is 1.65 bits per heavy atom. The van der Waals surface area contributed by atoms with E-state index in [4.69, 9.17) is 16.3 Å². The van der Waals surface area contributed by atoms with Crippen molar-refractivity contribution >= 4 is 23.4 Å². The second kappa shape index (κ2) is 10.5. The Labute approximate surface area is 192 Å². The van der Waals surface area contributed by atoms with Crippen molar-refractivity contribution in [2.75, 3.05) is 12.4 Å². The molecule has 6 heteroatoms. The molecule has 0 atom stereocenters. The Morgan fingerprint density at radius 3 is 2.35 bits per heavy atom. The number of aromatic nitrogens is 3. The van der Waals surface area contributed by atoms with Crippen LogP contribution in [0.5, 0.6) is 5.75 Å². The predicted octanol–water partition coefficient (Wildman–Crippen LogP) is 6.71. The highest BCUT2D eigenvalue weighted by atomic mass is 35.5. The quantitative estimate of drug-likeness (QED) is 0.210. The Morgan fingerprint density at radius 1 is 0.903 bits per heavy atom. The highest BCUT2D eigenvalue weighted by molar-refractivity contribution is 7.99. The van der Waals surface area contributed by atoms with E-state index in [0.29, 0.717) is 11.6 Å². The minimum atomic E-state index is 0.643. The van der Waals surface area contributed by atoms with Crippen molar-refractivity contribution in [3.05, 3.63) is 89.4 Å². The van der Waals surface area contributed by atoms with Gasteiger partial charge in [-0.2, -0.15) is 0 Å². The van der Waals surface area contributed by atoms with Crippen LogP contribution in [-0.2, 0) is 6.42 Å². The largest absolute Gasteiger partial charge is 0.494 e. The number of ether oxygens (including phenoxy) is 1. The molecule has 0 aliphatic carbocycles. The highest BCUT2D eigenvalue weighted by Crippen LogP contribution is 2.30. The van der Waals surface area contributed by atoms with Crippen molar-refractivity contribution in [1.29, 1.82) is 0 Å². The van der Waals surface area contributed by atoms with Gasteiger partial charge in [-0.25, -0.2) is 0 Å². The lowest BCUT2D eigenvalue weighted by Gasteiger charge is -2.11. The van der Waals surface area contributed by atoms with Crippen LogP contribution in [0.25, 0.3) is 17.1 Å². The van der Waals surface area contributed by atoms with Crippen LogP contribution < -0.4 is 4.74 Å². The summed E-state index contributed by atoms with van der Waals surface area (Å²) in [6.45, 7) is 2.63. The molecule has 0 saturated carbocycles. The summed E-state index contributed by atoms with van der Waals surface area (Å²) in [6.07, 6.45) is 2.12. The van der Waals surface area contributed by atoms with E-state index >= 15 is 0 Å². The Kier molecular flexibility index (Phi) is 7.28. The number of thioether (sulfide) groups is 1. The number of rotatable bonds is 9. The first-order valence-corrected chi connectivity index (χ1v) is 11.7. The smallest absolute Gasteiger partial charge is 0.196 e. The van der Waals surface area contributed by atoms with Gasteiger partial charge < -0.3 is 4.74 Å². The van der Waals surface area contributed by atoms with Gasteiger partial charge in [-0.05, 0) is 73.9 Å². The van der Waals surface area contributed by atoms with E-state index in [0.717, 1.165) is 46.6 Å². The van der Waals surface area contributed by atoms with Crippen molar-refractivity contribution in [2.45, 2.75) is 24.9 Å². The maximum atomic E-state index is 6.08. The molecule has 0 bridgehead atoms. The molecule has 0 radical (unpaired) electrons. The zero-order chi connectivity index (χ0) is 21.5. The lowest BCUT2D eigenvalue weighted by Crippen LogP contribution is -2.01. The summed E-state index contributed by atoms with van der Waals surface area (Å²) in [5.74, 6) is 2.61. The highest BCUT2D eigenvalue weighted by Gasteiger charge is 2.16. The Bertz CT molecular complexity index is 1100. The molecule has 3 aromatic carbocycles.